The second-order valence-corrected chi connectivity index (χ2v) is 5.93. The van der Waals surface area contributed by atoms with E-state index in [1.807, 2.05) is 25.7 Å². The summed E-state index contributed by atoms with van der Waals surface area (Å²) in [7, 11) is 0. The maximum atomic E-state index is 11.8. The Morgan fingerprint density at radius 2 is 2.19 bits per heavy atom. The molecule has 1 rings (SSSR count). The summed E-state index contributed by atoms with van der Waals surface area (Å²) < 4.78 is 0. The maximum absolute atomic E-state index is 11.8. The lowest BCUT2D eigenvalue weighted by Gasteiger charge is -2.38. The molecule has 0 aliphatic carbocycles. The molecule has 5 heteroatoms. The van der Waals surface area contributed by atoms with E-state index in [2.05, 4.69) is 24.2 Å². The highest BCUT2D eigenvalue weighted by Gasteiger charge is 2.31. The number of aliphatic imine (C=N–C) groups is 1. The maximum Gasteiger partial charge on any atom is 0.324 e. The van der Waals surface area contributed by atoms with E-state index in [0.29, 0.717) is 5.88 Å². The smallest absolute Gasteiger partial charge is 0.310 e. The first-order valence-corrected chi connectivity index (χ1v) is 6.62. The largest absolute Gasteiger partial charge is 0.324 e. The number of hydrogen-bond acceptors (Lipinski definition) is 3. The van der Waals surface area contributed by atoms with E-state index in [4.69, 9.17) is 0 Å². The van der Waals surface area contributed by atoms with Gasteiger partial charge in [0.15, 0.2) is 5.17 Å². The van der Waals surface area contributed by atoms with Gasteiger partial charge in [-0.25, -0.2) is 4.79 Å². The van der Waals surface area contributed by atoms with Gasteiger partial charge >= 0.3 is 6.03 Å². The molecule has 0 aromatic rings. The van der Waals surface area contributed by atoms with Crippen molar-refractivity contribution in [1.29, 1.82) is 0 Å². The van der Waals surface area contributed by atoms with Crippen molar-refractivity contribution in [3.63, 3.8) is 0 Å². The van der Waals surface area contributed by atoms with Crippen molar-refractivity contribution in [2.45, 2.75) is 52.6 Å². The fraction of sp³-hybridized carbons (Fsp3) is 0.818. The number of rotatable bonds is 2. The molecule has 1 unspecified atom stereocenters. The Labute approximate surface area is 102 Å². The van der Waals surface area contributed by atoms with Crippen LogP contribution >= 0.6 is 11.8 Å². The van der Waals surface area contributed by atoms with Crippen LogP contribution in [0, 0.1) is 0 Å². The van der Waals surface area contributed by atoms with Crippen LogP contribution in [0.5, 0.6) is 0 Å². The molecular weight excluding hydrogens is 222 g/mol. The van der Waals surface area contributed by atoms with E-state index >= 15 is 0 Å². The number of nitrogens with zero attached hydrogens (tertiary/aromatic N) is 2. The second-order valence-electron chi connectivity index (χ2n) is 4.99. The van der Waals surface area contributed by atoms with Crippen molar-refractivity contribution < 1.29 is 4.79 Å². The summed E-state index contributed by atoms with van der Waals surface area (Å²) in [5, 5.41) is 3.59. The van der Waals surface area contributed by atoms with Gasteiger partial charge in [0.1, 0.15) is 0 Å². The first-order valence-electron chi connectivity index (χ1n) is 5.63. The Balaban J connectivity index is 2.66. The third-order valence-electron chi connectivity index (χ3n) is 2.53. The van der Waals surface area contributed by atoms with Crippen LogP contribution in [0.25, 0.3) is 0 Å². The van der Waals surface area contributed by atoms with Crippen LogP contribution in [0.2, 0.25) is 0 Å². The van der Waals surface area contributed by atoms with Gasteiger partial charge in [-0.05, 0) is 34.1 Å². The van der Waals surface area contributed by atoms with Gasteiger partial charge in [-0.3, -0.25) is 10.3 Å². The van der Waals surface area contributed by atoms with Crippen LogP contribution in [0.1, 0.15) is 41.0 Å². The molecule has 2 amide bonds. The van der Waals surface area contributed by atoms with Crippen molar-refractivity contribution in [2.75, 3.05) is 5.88 Å². The van der Waals surface area contributed by atoms with Gasteiger partial charge in [0, 0.05) is 11.6 Å². The van der Waals surface area contributed by atoms with Crippen LogP contribution in [0.4, 0.5) is 4.79 Å². The summed E-state index contributed by atoms with van der Waals surface area (Å²) in [6.45, 7) is 10.2. The van der Waals surface area contributed by atoms with Crippen LogP contribution in [0.15, 0.2) is 4.99 Å². The lowest BCUT2D eigenvalue weighted by molar-refractivity contribution is 0.165. The Morgan fingerprint density at radius 1 is 1.56 bits per heavy atom. The second kappa shape index (κ2) is 5.08. The normalized spacial score (nSPS) is 22.2. The quantitative estimate of drug-likeness (QED) is 0.810. The van der Waals surface area contributed by atoms with Crippen molar-refractivity contribution in [3.05, 3.63) is 0 Å². The molecule has 0 spiro atoms. The number of hydrogen-bond donors (Lipinski definition) is 1. The summed E-state index contributed by atoms with van der Waals surface area (Å²) in [5.41, 5.74) is -0.140. The molecule has 1 atom stereocenters. The van der Waals surface area contributed by atoms with Gasteiger partial charge in [-0.1, -0.05) is 18.7 Å². The zero-order valence-electron chi connectivity index (χ0n) is 10.7. The van der Waals surface area contributed by atoms with Crippen molar-refractivity contribution >= 4 is 23.0 Å². The van der Waals surface area contributed by atoms with Crippen LogP contribution in [0.3, 0.4) is 0 Å². The molecule has 0 bridgehead atoms. The van der Waals surface area contributed by atoms with Crippen molar-refractivity contribution in [1.82, 2.24) is 10.2 Å². The Bertz CT molecular complexity index is 296. The Hall–Kier alpha value is -0.710. The van der Waals surface area contributed by atoms with Crippen molar-refractivity contribution in [3.8, 4) is 0 Å². The summed E-state index contributed by atoms with van der Waals surface area (Å²) in [5.74, 6) is 0.671. The van der Waals surface area contributed by atoms with Gasteiger partial charge in [-0.2, -0.15) is 0 Å². The Morgan fingerprint density at radius 3 is 2.62 bits per heavy atom. The highest BCUT2D eigenvalue weighted by molar-refractivity contribution is 8.13. The topological polar surface area (TPSA) is 44.7 Å². The monoisotopic (exact) mass is 243 g/mol. The van der Waals surface area contributed by atoms with E-state index in [1.54, 1.807) is 11.8 Å². The summed E-state index contributed by atoms with van der Waals surface area (Å²) >= 11 is 1.59. The Kier molecular flexibility index (Phi) is 4.24. The first kappa shape index (κ1) is 13.4. The first-order chi connectivity index (χ1) is 7.34. The molecule has 0 aromatic carbocycles. The average Bonchev–Trinajstić information content (AvgIpc) is 2.15. The molecule has 4 nitrogen and oxygen atoms in total. The lowest BCUT2D eigenvalue weighted by Crippen LogP contribution is -2.54. The van der Waals surface area contributed by atoms with Gasteiger partial charge < -0.3 is 4.90 Å². The minimum absolute atomic E-state index is 0.0479. The van der Waals surface area contributed by atoms with Crippen LogP contribution < -0.4 is 5.32 Å². The van der Waals surface area contributed by atoms with E-state index in [-0.39, 0.29) is 17.6 Å². The fourth-order valence-electron chi connectivity index (χ4n) is 1.24. The van der Waals surface area contributed by atoms with Crippen molar-refractivity contribution in [2.24, 2.45) is 4.99 Å². The molecule has 1 aliphatic heterocycles. The van der Waals surface area contributed by atoms with Crippen LogP contribution in [-0.4, -0.2) is 33.6 Å². The lowest BCUT2D eigenvalue weighted by atomic mass is 10.1. The van der Waals surface area contributed by atoms with Crippen LogP contribution in [-0.2, 0) is 0 Å². The predicted octanol–water partition coefficient (Wildman–Crippen LogP) is 2.66. The molecule has 1 heterocycles. The van der Waals surface area contributed by atoms with Gasteiger partial charge in [0.2, 0.25) is 0 Å². The van der Waals surface area contributed by atoms with Gasteiger partial charge in [0.05, 0.1) is 5.88 Å². The van der Waals surface area contributed by atoms with E-state index < -0.39 is 0 Å². The minimum Gasteiger partial charge on any atom is -0.310 e. The molecule has 1 aliphatic rings. The fourth-order valence-corrected chi connectivity index (χ4v) is 2.41. The number of carbonyl (C=O) groups is 1. The summed E-state index contributed by atoms with van der Waals surface area (Å²) in [6, 6.07) is 0.220. The third kappa shape index (κ3) is 3.40. The molecule has 0 radical (unpaired) electrons. The zero-order chi connectivity index (χ0) is 12.3. The standard InChI is InChI=1S/C11H21N3OS/c1-6-8(2)12-9-13-10(15)14(7-16-9)11(3,4)5/h8H,6-7H2,1-5H3,(H,12,13,15). The zero-order valence-corrected chi connectivity index (χ0v) is 11.5. The molecule has 1 N–H and O–H groups in total. The molecule has 1 fully saturated rings. The van der Waals surface area contributed by atoms with Gasteiger partial charge in [0.25, 0.3) is 0 Å². The highest BCUT2D eigenvalue weighted by Crippen LogP contribution is 2.22. The molecule has 0 saturated carbocycles. The molecule has 92 valence electrons. The average molecular weight is 243 g/mol. The third-order valence-corrected chi connectivity index (χ3v) is 3.40. The number of amidine groups is 1. The summed E-state index contributed by atoms with van der Waals surface area (Å²) in [6.07, 6.45) is 0.989. The van der Waals surface area contributed by atoms with E-state index in [0.717, 1.165) is 11.6 Å². The number of thioether (sulfide) groups is 1. The minimum atomic E-state index is -0.140. The van der Waals surface area contributed by atoms with Gasteiger partial charge in [-0.15, -0.1) is 0 Å². The molecule has 0 aromatic heterocycles. The summed E-state index contributed by atoms with van der Waals surface area (Å²) in [4.78, 5) is 18.1. The SMILES string of the molecule is CCC(C)N=C1NC(=O)N(C(C)(C)C)CS1. The van der Waals surface area contributed by atoms with E-state index in [1.165, 1.54) is 0 Å². The molecule has 16 heavy (non-hydrogen) atoms. The molecular formula is C11H21N3OS. The number of carbonyl (C=O) groups excluding carboxylic acids is 1. The number of amides is 2. The highest BCUT2D eigenvalue weighted by atomic mass is 32.2. The number of nitrogens with one attached hydrogen (secondary N) is 1. The van der Waals surface area contributed by atoms with E-state index in [9.17, 15) is 4.79 Å². The predicted molar refractivity (Wildman–Crippen MR) is 69.8 cm³/mol. The molecule has 1 saturated heterocycles. The number of urea groups is 1.